The Morgan fingerprint density at radius 1 is 0.633 bits per heavy atom. The molecule has 0 unspecified atom stereocenters. The molecule has 268 valence electrons. The summed E-state index contributed by atoms with van der Waals surface area (Å²) >= 11 is 4.63. The highest BCUT2D eigenvalue weighted by molar-refractivity contribution is 7.80. The van der Waals surface area contributed by atoms with Gasteiger partial charge in [0.2, 0.25) is 0 Å². The average Bonchev–Trinajstić information content (AvgIpc) is 3.05. The second-order valence-electron chi connectivity index (χ2n) is 11.4. The molecule has 0 saturated carbocycles. The molecular formula is C34H42O14S. The van der Waals surface area contributed by atoms with Crippen LogP contribution in [0.1, 0.15) is 38.8 Å². The van der Waals surface area contributed by atoms with Gasteiger partial charge in [-0.1, -0.05) is 60.7 Å². The van der Waals surface area contributed by atoms with Crippen LogP contribution in [0.4, 0.5) is 0 Å². The molecule has 2 aromatic rings. The molecule has 0 aromatic heterocycles. The molecule has 1 N–H and O–H groups in total. The molecule has 49 heavy (non-hydrogen) atoms. The van der Waals surface area contributed by atoms with Crippen LogP contribution in [0.2, 0.25) is 0 Å². The van der Waals surface area contributed by atoms with Gasteiger partial charge in [-0.15, -0.1) is 12.6 Å². The van der Waals surface area contributed by atoms with Gasteiger partial charge < -0.3 is 47.7 Å². The van der Waals surface area contributed by atoms with Crippen molar-refractivity contribution in [2.75, 3.05) is 13.2 Å². The third-order valence-corrected chi connectivity index (χ3v) is 8.01. The smallest absolute Gasteiger partial charge is 0.303 e. The molecule has 2 heterocycles. The minimum absolute atomic E-state index is 0.0897. The quantitative estimate of drug-likeness (QED) is 0.167. The van der Waals surface area contributed by atoms with Crippen LogP contribution in [-0.4, -0.2) is 103 Å². The Morgan fingerprint density at radius 2 is 1.14 bits per heavy atom. The lowest BCUT2D eigenvalue weighted by Crippen LogP contribution is -2.66. The number of ether oxygens (including phenoxy) is 9. The standard InChI is InChI=1S/C34H42O14S/c1-19(36)40-18-26-28(43-20(2)37)30(44-21(3)38)31(45-22(4)39)33(46-26)48-29-27(41-16-23-11-7-5-8-12-23)25(15-35)47-34(49)32(29)42-17-24-13-9-6-10-14-24/h5-14,25-35,49H,15-18H2,1-4H3/t25-,26-,27-,28-,29+,30+,31-,32-,33+,34-/m1/s1. The topological polar surface area (TPSA) is 172 Å². The van der Waals surface area contributed by atoms with Gasteiger partial charge >= 0.3 is 23.9 Å². The Balaban J connectivity index is 1.75. The van der Waals surface area contributed by atoms with Gasteiger partial charge in [-0.25, -0.2) is 0 Å². The number of hydrogen-bond acceptors (Lipinski definition) is 15. The number of esters is 4. The van der Waals surface area contributed by atoms with Crippen molar-refractivity contribution in [1.82, 2.24) is 0 Å². The van der Waals surface area contributed by atoms with E-state index in [9.17, 15) is 24.3 Å². The first-order valence-electron chi connectivity index (χ1n) is 15.7. The maximum atomic E-state index is 12.4. The number of rotatable bonds is 14. The SMILES string of the molecule is CC(=O)OC[C@H]1O[C@@H](O[C@@H]2[C@@H](OCc3ccccc3)[C@@H](S)O[C@H](CO)[C@H]2OCc2ccccc2)[C@H](OC(C)=O)[C@@H](OC(C)=O)[C@@H]1OC(C)=O. The molecule has 2 aliphatic rings. The normalized spacial score (nSPS) is 29.8. The van der Waals surface area contributed by atoms with E-state index < -0.39 is 97.6 Å². The van der Waals surface area contributed by atoms with Gasteiger partial charge in [0.25, 0.3) is 0 Å². The number of carbonyl (C=O) groups is 4. The molecule has 0 bridgehead atoms. The number of thiol groups is 1. The van der Waals surface area contributed by atoms with E-state index in [1.807, 2.05) is 60.7 Å². The van der Waals surface area contributed by atoms with Crippen molar-refractivity contribution in [3.05, 3.63) is 71.8 Å². The fourth-order valence-corrected chi connectivity index (χ4v) is 5.97. The first kappa shape index (κ1) is 38.2. The van der Waals surface area contributed by atoms with E-state index in [0.29, 0.717) is 0 Å². The fraction of sp³-hybridized carbons (Fsp3) is 0.529. The summed E-state index contributed by atoms with van der Waals surface area (Å²) in [4.78, 5) is 48.8. The summed E-state index contributed by atoms with van der Waals surface area (Å²) in [5.74, 6) is -3.01. The molecule has 0 spiro atoms. The van der Waals surface area contributed by atoms with Crippen LogP contribution in [0.3, 0.4) is 0 Å². The van der Waals surface area contributed by atoms with Crippen LogP contribution in [0.5, 0.6) is 0 Å². The molecule has 10 atom stereocenters. The number of hydrogen-bond donors (Lipinski definition) is 2. The van der Waals surface area contributed by atoms with Crippen LogP contribution in [-0.2, 0) is 75.0 Å². The Bertz CT molecular complexity index is 1380. The molecule has 2 aliphatic heterocycles. The van der Waals surface area contributed by atoms with Crippen LogP contribution < -0.4 is 0 Å². The molecule has 15 heteroatoms. The van der Waals surface area contributed by atoms with E-state index >= 15 is 0 Å². The molecule has 0 amide bonds. The molecule has 14 nitrogen and oxygen atoms in total. The summed E-state index contributed by atoms with van der Waals surface area (Å²) in [6, 6.07) is 18.6. The lowest BCUT2D eigenvalue weighted by molar-refractivity contribution is -0.346. The van der Waals surface area contributed by atoms with Crippen LogP contribution in [0.15, 0.2) is 60.7 Å². The number of benzene rings is 2. The maximum Gasteiger partial charge on any atom is 0.303 e. The van der Waals surface area contributed by atoms with E-state index in [4.69, 9.17) is 42.6 Å². The van der Waals surface area contributed by atoms with Gasteiger partial charge in [-0.3, -0.25) is 19.2 Å². The lowest BCUT2D eigenvalue weighted by Gasteiger charge is -2.49. The Hall–Kier alpha value is -3.57. The monoisotopic (exact) mass is 706 g/mol. The highest BCUT2D eigenvalue weighted by atomic mass is 32.1. The minimum Gasteiger partial charge on any atom is -0.463 e. The first-order chi connectivity index (χ1) is 23.5. The summed E-state index contributed by atoms with van der Waals surface area (Å²) in [5.41, 5.74) is 0.702. The predicted molar refractivity (Wildman–Crippen MR) is 172 cm³/mol. The van der Waals surface area contributed by atoms with Crippen LogP contribution in [0.25, 0.3) is 0 Å². The molecular weight excluding hydrogens is 664 g/mol. The number of carbonyl (C=O) groups excluding carboxylic acids is 4. The van der Waals surface area contributed by atoms with E-state index in [1.165, 1.54) is 6.92 Å². The van der Waals surface area contributed by atoms with Crippen LogP contribution in [0, 0.1) is 0 Å². The number of aliphatic hydroxyl groups excluding tert-OH is 1. The molecule has 2 saturated heterocycles. The molecule has 2 fully saturated rings. The van der Waals surface area contributed by atoms with Gasteiger partial charge in [-0.05, 0) is 11.1 Å². The second-order valence-corrected chi connectivity index (χ2v) is 11.9. The van der Waals surface area contributed by atoms with Gasteiger partial charge in [0.1, 0.15) is 42.6 Å². The zero-order valence-electron chi connectivity index (χ0n) is 27.6. The number of aliphatic hydroxyl groups is 1. The van der Waals surface area contributed by atoms with Crippen molar-refractivity contribution in [3.8, 4) is 0 Å². The highest BCUT2D eigenvalue weighted by Crippen LogP contribution is 2.36. The highest BCUT2D eigenvalue weighted by Gasteiger charge is 2.56. The Labute approximate surface area is 289 Å². The van der Waals surface area contributed by atoms with Crippen molar-refractivity contribution in [2.45, 2.75) is 101 Å². The average molecular weight is 707 g/mol. The molecule has 4 rings (SSSR count). The third-order valence-electron chi connectivity index (χ3n) is 7.60. The zero-order valence-corrected chi connectivity index (χ0v) is 28.5. The largest absolute Gasteiger partial charge is 0.463 e. The first-order valence-corrected chi connectivity index (χ1v) is 16.2. The Kier molecular flexibility index (Phi) is 14.4. The maximum absolute atomic E-state index is 12.4. The minimum atomic E-state index is -1.55. The van der Waals surface area contributed by atoms with Crippen molar-refractivity contribution in [1.29, 1.82) is 0 Å². The zero-order chi connectivity index (χ0) is 35.5. The summed E-state index contributed by atoms with van der Waals surface area (Å²) in [6.45, 7) is 3.83. The fourth-order valence-electron chi connectivity index (χ4n) is 5.56. The lowest BCUT2D eigenvalue weighted by atomic mass is 9.96. The van der Waals surface area contributed by atoms with E-state index in [2.05, 4.69) is 12.6 Å². The van der Waals surface area contributed by atoms with Crippen molar-refractivity contribution >= 4 is 36.5 Å². The summed E-state index contributed by atoms with van der Waals surface area (Å²) in [7, 11) is 0. The van der Waals surface area contributed by atoms with E-state index in [-0.39, 0.29) is 13.2 Å². The molecule has 0 aliphatic carbocycles. The predicted octanol–water partition coefficient (Wildman–Crippen LogP) is 2.27. The van der Waals surface area contributed by atoms with Crippen LogP contribution >= 0.6 is 12.6 Å². The summed E-state index contributed by atoms with van der Waals surface area (Å²) in [6.07, 6.45) is -11.2. The van der Waals surface area contributed by atoms with Crippen molar-refractivity contribution in [3.63, 3.8) is 0 Å². The second kappa shape index (κ2) is 18.4. The Morgan fingerprint density at radius 3 is 1.65 bits per heavy atom. The van der Waals surface area contributed by atoms with E-state index in [0.717, 1.165) is 31.9 Å². The summed E-state index contributed by atoms with van der Waals surface area (Å²) < 4.78 is 53.4. The van der Waals surface area contributed by atoms with Gasteiger partial charge in [0, 0.05) is 27.7 Å². The van der Waals surface area contributed by atoms with Crippen molar-refractivity contribution < 1.29 is 66.9 Å². The van der Waals surface area contributed by atoms with Gasteiger partial charge in [0.05, 0.1) is 19.8 Å². The van der Waals surface area contributed by atoms with E-state index in [1.54, 1.807) is 0 Å². The summed E-state index contributed by atoms with van der Waals surface area (Å²) in [5, 5.41) is 10.4. The van der Waals surface area contributed by atoms with Gasteiger partial charge in [0.15, 0.2) is 24.6 Å². The third kappa shape index (κ3) is 11.0. The molecule has 0 radical (unpaired) electrons. The molecule has 2 aromatic carbocycles. The van der Waals surface area contributed by atoms with Gasteiger partial charge in [-0.2, -0.15) is 0 Å². The van der Waals surface area contributed by atoms with Crippen molar-refractivity contribution in [2.24, 2.45) is 0 Å².